The Labute approximate surface area is 147 Å². The Morgan fingerprint density at radius 1 is 1.12 bits per heavy atom. The van der Waals surface area contributed by atoms with Gasteiger partial charge in [-0.25, -0.2) is 0 Å². The molecule has 0 spiro atoms. The van der Waals surface area contributed by atoms with E-state index in [4.69, 9.17) is 21.1 Å². The van der Waals surface area contributed by atoms with Crippen LogP contribution in [0.5, 0.6) is 11.5 Å². The van der Waals surface area contributed by atoms with Gasteiger partial charge >= 0.3 is 0 Å². The highest BCUT2D eigenvalue weighted by atomic mass is 35.5. The normalized spacial score (nSPS) is 10.3. The van der Waals surface area contributed by atoms with Gasteiger partial charge in [-0.15, -0.1) is 0 Å². The number of rotatable bonds is 7. The first-order valence-electron chi connectivity index (χ1n) is 7.72. The average Bonchev–Trinajstić information content (AvgIpc) is 2.60. The van der Waals surface area contributed by atoms with Gasteiger partial charge in [0.25, 0.3) is 0 Å². The first-order valence-corrected chi connectivity index (χ1v) is 8.10. The predicted octanol–water partition coefficient (Wildman–Crippen LogP) is 3.95. The molecule has 4 nitrogen and oxygen atoms in total. The van der Waals surface area contributed by atoms with E-state index in [0.717, 1.165) is 22.6 Å². The first kappa shape index (κ1) is 18.1. The maximum atomic E-state index is 12.4. The highest BCUT2D eigenvalue weighted by molar-refractivity contribution is 6.30. The Morgan fingerprint density at radius 3 is 2.62 bits per heavy atom. The van der Waals surface area contributed by atoms with Crippen LogP contribution in [0, 0.1) is 0 Å². The highest BCUT2D eigenvalue weighted by Gasteiger charge is 2.13. The van der Waals surface area contributed by atoms with Crippen molar-refractivity contribution in [1.29, 1.82) is 0 Å². The second kappa shape index (κ2) is 8.60. The van der Waals surface area contributed by atoms with E-state index in [2.05, 4.69) is 0 Å². The van der Waals surface area contributed by atoms with Crippen molar-refractivity contribution in [1.82, 2.24) is 4.90 Å². The fourth-order valence-corrected chi connectivity index (χ4v) is 2.68. The Hall–Kier alpha value is -2.20. The van der Waals surface area contributed by atoms with E-state index in [0.29, 0.717) is 24.4 Å². The number of ether oxygens (including phenoxy) is 2. The van der Waals surface area contributed by atoms with Crippen LogP contribution in [0.1, 0.15) is 17.5 Å². The SMILES string of the molecule is COc1cccc(CCC(=O)N(C)Cc2cc(Cl)ccc2OC)c1. The van der Waals surface area contributed by atoms with Crippen LogP contribution in [0.25, 0.3) is 0 Å². The zero-order valence-corrected chi connectivity index (χ0v) is 15.0. The number of hydrogen-bond donors (Lipinski definition) is 0. The number of amides is 1. The van der Waals surface area contributed by atoms with Crippen LogP contribution in [-0.2, 0) is 17.8 Å². The third-order valence-corrected chi connectivity index (χ3v) is 4.07. The first-order chi connectivity index (χ1) is 11.5. The van der Waals surface area contributed by atoms with Crippen molar-refractivity contribution in [3.05, 3.63) is 58.6 Å². The molecule has 0 radical (unpaired) electrons. The quantitative estimate of drug-likeness (QED) is 0.761. The summed E-state index contributed by atoms with van der Waals surface area (Å²) in [4.78, 5) is 14.1. The number of benzene rings is 2. The van der Waals surface area contributed by atoms with Crippen LogP contribution in [0.2, 0.25) is 5.02 Å². The molecule has 2 aromatic carbocycles. The summed E-state index contributed by atoms with van der Waals surface area (Å²) in [7, 11) is 5.03. The third kappa shape index (κ3) is 4.90. The van der Waals surface area contributed by atoms with Crippen molar-refractivity contribution in [3.63, 3.8) is 0 Å². The van der Waals surface area contributed by atoms with Crippen molar-refractivity contribution in [2.24, 2.45) is 0 Å². The van der Waals surface area contributed by atoms with Gasteiger partial charge in [-0.2, -0.15) is 0 Å². The van der Waals surface area contributed by atoms with Crippen molar-refractivity contribution in [2.45, 2.75) is 19.4 Å². The van der Waals surface area contributed by atoms with Crippen LogP contribution < -0.4 is 9.47 Å². The molecule has 0 unspecified atom stereocenters. The molecule has 0 aromatic heterocycles. The maximum absolute atomic E-state index is 12.4. The molecule has 24 heavy (non-hydrogen) atoms. The standard InChI is InChI=1S/C19H22ClNO3/c1-21(13-15-12-16(20)8-9-18(15)24-3)19(22)10-7-14-5-4-6-17(11-14)23-2/h4-6,8-9,11-12H,7,10,13H2,1-3H3. The predicted molar refractivity (Wildman–Crippen MR) is 95.8 cm³/mol. The number of nitrogens with zero attached hydrogens (tertiary/aromatic N) is 1. The lowest BCUT2D eigenvalue weighted by molar-refractivity contribution is -0.130. The minimum atomic E-state index is 0.0693. The molecule has 0 saturated carbocycles. The fraction of sp³-hybridized carbons (Fsp3) is 0.316. The molecule has 0 aliphatic carbocycles. The van der Waals surface area contributed by atoms with Crippen LogP contribution >= 0.6 is 11.6 Å². The third-order valence-electron chi connectivity index (χ3n) is 3.84. The van der Waals surface area contributed by atoms with E-state index in [9.17, 15) is 4.79 Å². The van der Waals surface area contributed by atoms with Crippen LogP contribution in [0.15, 0.2) is 42.5 Å². The Kier molecular flexibility index (Phi) is 6.50. The Balaban J connectivity index is 1.96. The Bertz CT molecular complexity index is 703. The molecule has 0 aliphatic heterocycles. The van der Waals surface area contributed by atoms with Crippen molar-refractivity contribution >= 4 is 17.5 Å². The monoisotopic (exact) mass is 347 g/mol. The molecule has 2 rings (SSSR count). The molecular formula is C19H22ClNO3. The molecule has 0 saturated heterocycles. The van der Waals surface area contributed by atoms with E-state index in [1.54, 1.807) is 32.2 Å². The summed E-state index contributed by atoms with van der Waals surface area (Å²) < 4.78 is 10.5. The molecule has 0 fully saturated rings. The second-order valence-electron chi connectivity index (χ2n) is 5.56. The molecule has 5 heteroatoms. The molecule has 128 valence electrons. The summed E-state index contributed by atoms with van der Waals surface area (Å²) in [5.41, 5.74) is 1.97. The van der Waals surface area contributed by atoms with Gasteiger partial charge in [0.05, 0.1) is 14.2 Å². The van der Waals surface area contributed by atoms with Crippen LogP contribution in [-0.4, -0.2) is 32.1 Å². The lowest BCUT2D eigenvalue weighted by atomic mass is 10.1. The zero-order valence-electron chi connectivity index (χ0n) is 14.2. The number of carbonyl (C=O) groups is 1. The van der Waals surface area contributed by atoms with E-state index >= 15 is 0 Å². The summed E-state index contributed by atoms with van der Waals surface area (Å²) >= 11 is 6.04. The average molecular weight is 348 g/mol. The van der Waals surface area contributed by atoms with Crippen LogP contribution in [0.4, 0.5) is 0 Å². The van der Waals surface area contributed by atoms with Gasteiger partial charge in [-0.1, -0.05) is 23.7 Å². The summed E-state index contributed by atoms with van der Waals surface area (Å²) in [5, 5.41) is 0.628. The Morgan fingerprint density at radius 2 is 1.92 bits per heavy atom. The highest BCUT2D eigenvalue weighted by Crippen LogP contribution is 2.24. The molecule has 1 amide bonds. The van der Waals surface area contributed by atoms with Crippen molar-refractivity contribution in [3.8, 4) is 11.5 Å². The molecule has 0 heterocycles. The smallest absolute Gasteiger partial charge is 0.222 e. The molecule has 0 N–H and O–H groups in total. The van der Waals surface area contributed by atoms with Crippen molar-refractivity contribution in [2.75, 3.05) is 21.3 Å². The number of aryl methyl sites for hydroxylation is 1. The van der Waals surface area contributed by atoms with Gasteiger partial charge in [0.1, 0.15) is 11.5 Å². The molecule has 0 atom stereocenters. The van der Waals surface area contributed by atoms with E-state index in [1.165, 1.54) is 0 Å². The molecule has 2 aromatic rings. The summed E-state index contributed by atoms with van der Waals surface area (Å²) in [5.74, 6) is 1.60. The van der Waals surface area contributed by atoms with E-state index in [1.807, 2.05) is 36.4 Å². The molecule has 0 aliphatic rings. The minimum Gasteiger partial charge on any atom is -0.497 e. The van der Waals surface area contributed by atoms with Gasteiger partial charge in [0.2, 0.25) is 5.91 Å². The van der Waals surface area contributed by atoms with Gasteiger partial charge in [0.15, 0.2) is 0 Å². The lowest BCUT2D eigenvalue weighted by Gasteiger charge is -2.19. The van der Waals surface area contributed by atoms with Gasteiger partial charge in [0, 0.05) is 30.6 Å². The van der Waals surface area contributed by atoms with Gasteiger partial charge < -0.3 is 14.4 Å². The topological polar surface area (TPSA) is 38.8 Å². The maximum Gasteiger partial charge on any atom is 0.222 e. The summed E-state index contributed by atoms with van der Waals surface area (Å²) in [6.07, 6.45) is 1.11. The number of methoxy groups -OCH3 is 2. The van der Waals surface area contributed by atoms with Crippen molar-refractivity contribution < 1.29 is 14.3 Å². The van der Waals surface area contributed by atoms with Crippen LogP contribution in [0.3, 0.4) is 0 Å². The zero-order chi connectivity index (χ0) is 17.5. The number of halogens is 1. The lowest BCUT2D eigenvalue weighted by Crippen LogP contribution is -2.26. The second-order valence-corrected chi connectivity index (χ2v) is 5.99. The summed E-state index contributed by atoms with van der Waals surface area (Å²) in [6.45, 7) is 0.459. The number of carbonyl (C=O) groups excluding carboxylic acids is 1. The van der Waals surface area contributed by atoms with E-state index < -0.39 is 0 Å². The largest absolute Gasteiger partial charge is 0.497 e. The number of hydrogen-bond acceptors (Lipinski definition) is 3. The molecule has 0 bridgehead atoms. The van der Waals surface area contributed by atoms with Gasteiger partial charge in [-0.3, -0.25) is 4.79 Å². The summed E-state index contributed by atoms with van der Waals surface area (Å²) in [6, 6.07) is 13.2. The minimum absolute atomic E-state index is 0.0693. The van der Waals surface area contributed by atoms with E-state index in [-0.39, 0.29) is 5.91 Å². The fourth-order valence-electron chi connectivity index (χ4n) is 2.48. The molecular weight excluding hydrogens is 326 g/mol. The van der Waals surface area contributed by atoms with Gasteiger partial charge in [-0.05, 0) is 42.3 Å².